The highest BCUT2D eigenvalue weighted by Crippen LogP contribution is 2.53. The first-order valence-corrected chi connectivity index (χ1v) is 32.3. The minimum Gasteiger partial charge on any atom is -0.310 e. The normalized spacial score (nSPS) is 15.0. The van der Waals surface area contributed by atoms with Crippen molar-refractivity contribution >= 4 is 73.7 Å². The molecule has 1 aromatic heterocycles. The predicted octanol–water partition coefficient (Wildman–Crippen LogP) is 21.3. The fourth-order valence-corrected chi connectivity index (χ4v) is 15.4. The average Bonchev–Trinajstić information content (AvgIpc) is 0.935. The van der Waals surface area contributed by atoms with Gasteiger partial charge in [-0.15, -0.1) is 0 Å². The number of para-hydroxylation sites is 1. The third kappa shape index (κ3) is 9.16. The number of hydrogen-bond donors (Lipinski definition) is 0. The predicted molar refractivity (Wildman–Crippen MR) is 373 cm³/mol. The Morgan fingerprint density at radius 3 is 1.34 bits per heavy atom. The minimum absolute atomic E-state index is 0.117. The standard InChI is InChI=1S/C82H79BF2N2S/c1-77(2,3)52-30-32-61-62-33-31-53(78(4,5)6)45-71(62)86(70(61)44-52)58-46-72-75-74(47-58)88-73-35-29-49-41-66(73)83(75)65-40-48(28-34-69(65)87(72)76-63(59-22-17-19-26-67(59)84)24-21-25-64(76)60-23-18-20-27-68(60)85)50-36-54(79(7,8)9)42-56(38-50)81(13,14)82(15,16)57-39-51(49)37-55(43-57)80(10,11)12/h17-47H,1-16H3. The molecule has 0 amide bonds. The van der Waals surface area contributed by atoms with Crippen molar-refractivity contribution in [3.05, 3.63) is 233 Å². The molecule has 0 radical (unpaired) electrons. The number of benzene rings is 10. The highest BCUT2D eigenvalue weighted by atomic mass is 32.2. The van der Waals surface area contributed by atoms with Crippen LogP contribution in [-0.4, -0.2) is 11.3 Å². The lowest BCUT2D eigenvalue weighted by molar-refractivity contribution is 0.302. The average molecular weight is 1170 g/mol. The zero-order valence-electron chi connectivity index (χ0n) is 54.0. The molecule has 0 unspecified atom stereocenters. The zero-order valence-corrected chi connectivity index (χ0v) is 54.9. The Morgan fingerprint density at radius 1 is 0.386 bits per heavy atom. The van der Waals surface area contributed by atoms with Gasteiger partial charge >= 0.3 is 0 Å². The highest BCUT2D eigenvalue weighted by Gasteiger charge is 2.45. The van der Waals surface area contributed by atoms with Crippen LogP contribution in [0.25, 0.3) is 72.0 Å². The summed E-state index contributed by atoms with van der Waals surface area (Å²) in [4.78, 5) is 4.73. The number of hydrogen-bond acceptors (Lipinski definition) is 2. The molecule has 440 valence electrons. The smallest absolute Gasteiger partial charge is 0.249 e. The van der Waals surface area contributed by atoms with Gasteiger partial charge in [-0.1, -0.05) is 268 Å². The summed E-state index contributed by atoms with van der Waals surface area (Å²) in [7, 11) is 0. The van der Waals surface area contributed by atoms with E-state index >= 15 is 8.78 Å². The molecule has 6 heteroatoms. The maximum Gasteiger partial charge on any atom is 0.249 e. The molecule has 3 aliphatic rings. The van der Waals surface area contributed by atoms with Gasteiger partial charge in [0.05, 0.1) is 16.7 Å². The van der Waals surface area contributed by atoms with Crippen molar-refractivity contribution in [1.82, 2.24) is 4.57 Å². The van der Waals surface area contributed by atoms with E-state index in [9.17, 15) is 0 Å². The SMILES string of the molecule is CC(C)(C)c1cc2cc(c1)C(C)(C)C(C)(C)c1cc(cc(C(C)(C)C)c1)-c1ccc3c(c1)B1c4cc-2ccc4Sc2cc(-n4c5cc(C(C)(C)C)ccc5c5ccc(C(C)(C)C)cc54)cc(c21)N3c1c(-c2ccccc2F)cccc1-c1ccccc1F. The first-order chi connectivity index (χ1) is 41.5. The second-order valence-corrected chi connectivity index (χ2v) is 31.7. The van der Waals surface area contributed by atoms with Gasteiger partial charge < -0.3 is 9.47 Å². The number of aromatic nitrogens is 1. The Morgan fingerprint density at radius 2 is 0.852 bits per heavy atom. The van der Waals surface area contributed by atoms with Crippen LogP contribution in [0.5, 0.6) is 0 Å². The minimum atomic E-state index is -0.348. The Hall–Kier alpha value is -7.93. The molecule has 8 bridgehead atoms. The van der Waals surface area contributed by atoms with Crippen molar-refractivity contribution in [3.8, 4) is 50.2 Å². The van der Waals surface area contributed by atoms with Gasteiger partial charge in [0.1, 0.15) is 11.6 Å². The number of nitrogens with zero attached hydrogens (tertiary/aromatic N) is 2. The number of rotatable bonds is 4. The first kappa shape index (κ1) is 57.8. The Balaban J connectivity index is 1.17. The van der Waals surface area contributed by atoms with Gasteiger partial charge in [-0.25, -0.2) is 8.78 Å². The van der Waals surface area contributed by atoms with Crippen LogP contribution in [0.3, 0.4) is 0 Å². The molecule has 2 nitrogen and oxygen atoms in total. The zero-order chi connectivity index (χ0) is 62.1. The van der Waals surface area contributed by atoms with E-state index in [-0.39, 0.29) is 50.8 Å². The van der Waals surface area contributed by atoms with E-state index in [1.165, 1.54) is 77.8 Å². The van der Waals surface area contributed by atoms with Gasteiger partial charge in [0.15, 0.2) is 0 Å². The van der Waals surface area contributed by atoms with E-state index in [4.69, 9.17) is 0 Å². The van der Waals surface area contributed by atoms with Gasteiger partial charge in [0.25, 0.3) is 0 Å². The van der Waals surface area contributed by atoms with Gasteiger partial charge in [-0.2, -0.15) is 0 Å². The van der Waals surface area contributed by atoms with E-state index in [1.807, 2.05) is 54.2 Å². The fourth-order valence-electron chi connectivity index (χ4n) is 14.2. The number of anilines is 3. The molecule has 0 fully saturated rings. The Bertz CT molecular complexity index is 4600. The molecule has 10 aromatic carbocycles. The van der Waals surface area contributed by atoms with E-state index in [1.54, 1.807) is 12.1 Å². The molecule has 14 rings (SSSR count). The lowest BCUT2D eigenvalue weighted by Crippen LogP contribution is -2.60. The summed E-state index contributed by atoms with van der Waals surface area (Å²) in [5, 5.41) is 2.38. The lowest BCUT2D eigenvalue weighted by atomic mass is 9.34. The third-order valence-corrected chi connectivity index (χ3v) is 21.5. The fraction of sp³-hybridized carbons (Fsp3) is 0.268. The van der Waals surface area contributed by atoms with Gasteiger partial charge in [-0.05, 0) is 148 Å². The van der Waals surface area contributed by atoms with Crippen molar-refractivity contribution in [2.75, 3.05) is 4.90 Å². The summed E-state index contributed by atoms with van der Waals surface area (Å²) >= 11 is 1.84. The largest absolute Gasteiger partial charge is 0.310 e. The number of fused-ring (bicyclic) bond motifs is 11. The summed E-state index contributed by atoms with van der Waals surface area (Å²) in [6.07, 6.45) is 0. The van der Waals surface area contributed by atoms with Crippen LogP contribution in [0, 0.1) is 11.6 Å². The summed E-state index contributed by atoms with van der Waals surface area (Å²) in [5.74, 6) is -0.696. The molecule has 11 aromatic rings. The van der Waals surface area contributed by atoms with E-state index in [2.05, 4.69) is 242 Å². The molecule has 88 heavy (non-hydrogen) atoms. The molecule has 4 heterocycles. The van der Waals surface area contributed by atoms with Gasteiger partial charge in [-0.3, -0.25) is 0 Å². The van der Waals surface area contributed by atoms with E-state index < -0.39 is 0 Å². The van der Waals surface area contributed by atoms with Gasteiger partial charge in [0, 0.05) is 59.9 Å². The number of halogens is 2. The van der Waals surface area contributed by atoms with Crippen molar-refractivity contribution in [2.45, 2.75) is 153 Å². The van der Waals surface area contributed by atoms with Crippen LogP contribution in [0.2, 0.25) is 0 Å². The lowest BCUT2D eigenvalue weighted by Gasteiger charge is -2.44. The summed E-state index contributed by atoms with van der Waals surface area (Å²) in [5.41, 5.74) is 22.8. The quantitative estimate of drug-likeness (QED) is 0.162. The van der Waals surface area contributed by atoms with Crippen molar-refractivity contribution in [1.29, 1.82) is 0 Å². The maximum atomic E-state index is 17.1. The maximum absolute atomic E-state index is 17.1. The summed E-state index contributed by atoms with van der Waals surface area (Å²) in [6.45, 7) is 37.2. The van der Waals surface area contributed by atoms with Crippen molar-refractivity contribution in [3.63, 3.8) is 0 Å². The Labute approximate surface area is 525 Å². The monoisotopic (exact) mass is 1170 g/mol. The second kappa shape index (κ2) is 19.8. The molecular formula is C82H79BF2N2S. The van der Waals surface area contributed by atoms with Gasteiger partial charge in [0.2, 0.25) is 6.71 Å². The van der Waals surface area contributed by atoms with Crippen LogP contribution in [-0.2, 0) is 32.5 Å². The molecular weight excluding hydrogens is 1090 g/mol. The molecule has 0 saturated carbocycles. The molecule has 3 aliphatic heterocycles. The molecule has 0 spiro atoms. The van der Waals surface area contributed by atoms with Crippen LogP contribution >= 0.6 is 11.8 Å². The van der Waals surface area contributed by atoms with E-state index in [0.717, 1.165) is 55.0 Å². The van der Waals surface area contributed by atoms with Crippen LogP contribution < -0.4 is 21.3 Å². The van der Waals surface area contributed by atoms with Crippen LogP contribution in [0.4, 0.5) is 25.8 Å². The molecule has 0 atom stereocenters. The van der Waals surface area contributed by atoms with E-state index in [0.29, 0.717) is 27.9 Å². The van der Waals surface area contributed by atoms with Crippen LogP contribution in [0.1, 0.15) is 144 Å². The van der Waals surface area contributed by atoms with Crippen molar-refractivity contribution < 1.29 is 8.78 Å². The summed E-state index contributed by atoms with van der Waals surface area (Å²) in [6, 6.07) is 68.1. The third-order valence-electron chi connectivity index (χ3n) is 20.4. The van der Waals surface area contributed by atoms with Crippen molar-refractivity contribution in [2.24, 2.45) is 0 Å². The summed E-state index contributed by atoms with van der Waals surface area (Å²) < 4.78 is 36.6. The highest BCUT2D eigenvalue weighted by molar-refractivity contribution is 8.00. The molecule has 0 aliphatic carbocycles. The Kier molecular flexibility index (Phi) is 13.0. The first-order valence-electron chi connectivity index (χ1n) is 31.5. The van der Waals surface area contributed by atoms with Crippen LogP contribution in [0.15, 0.2) is 198 Å². The second-order valence-electron chi connectivity index (χ2n) is 30.6. The molecule has 0 N–H and O–H groups in total. The topological polar surface area (TPSA) is 8.17 Å². The molecule has 0 saturated heterocycles.